The number of aromatic nitrogens is 2. The van der Waals surface area contributed by atoms with Gasteiger partial charge in [-0.25, -0.2) is 18.1 Å². The summed E-state index contributed by atoms with van der Waals surface area (Å²) in [5.74, 6) is 1.21. The maximum Gasteiger partial charge on any atom is 0.242 e. The molecule has 0 amide bonds. The molecule has 1 heterocycles. The molecule has 0 bridgehead atoms. The number of nitrogens with zero attached hydrogens (tertiary/aromatic N) is 3. The zero-order chi connectivity index (χ0) is 19.5. The van der Waals surface area contributed by atoms with Gasteiger partial charge in [0.2, 0.25) is 16.0 Å². The number of hydrogen-bond acceptors (Lipinski definition) is 6. The SMILES string of the molecule is Cc1cc(N(C)C)nc(NCCNS(=O)(=O)c2cc(C)c(Cl)cc2Cl)n1. The minimum Gasteiger partial charge on any atom is -0.363 e. The lowest BCUT2D eigenvalue weighted by Crippen LogP contribution is -2.29. The maximum absolute atomic E-state index is 12.4. The van der Waals surface area contributed by atoms with Crippen molar-refractivity contribution in [1.29, 1.82) is 0 Å². The minimum atomic E-state index is -3.74. The Morgan fingerprint density at radius 2 is 1.73 bits per heavy atom. The molecule has 0 aliphatic carbocycles. The minimum absolute atomic E-state index is 0.00256. The predicted molar refractivity (Wildman–Crippen MR) is 106 cm³/mol. The Kier molecular flexibility index (Phi) is 6.68. The molecule has 0 unspecified atom stereocenters. The van der Waals surface area contributed by atoms with Gasteiger partial charge in [0.05, 0.1) is 5.02 Å². The van der Waals surface area contributed by atoms with Gasteiger partial charge in [-0.05, 0) is 31.5 Å². The van der Waals surface area contributed by atoms with Crippen molar-refractivity contribution >= 4 is 45.0 Å². The largest absolute Gasteiger partial charge is 0.363 e. The topological polar surface area (TPSA) is 87.2 Å². The monoisotopic (exact) mass is 417 g/mol. The summed E-state index contributed by atoms with van der Waals surface area (Å²) in [5.41, 5.74) is 1.45. The average molecular weight is 418 g/mol. The molecule has 7 nitrogen and oxygen atoms in total. The quantitative estimate of drug-likeness (QED) is 0.673. The number of benzene rings is 1. The van der Waals surface area contributed by atoms with E-state index >= 15 is 0 Å². The molecule has 142 valence electrons. The second-order valence-electron chi connectivity index (χ2n) is 5.94. The first-order valence-corrected chi connectivity index (χ1v) is 10.1. The number of nitrogens with one attached hydrogen (secondary N) is 2. The van der Waals surface area contributed by atoms with Crippen LogP contribution in [-0.4, -0.2) is 45.6 Å². The molecule has 2 rings (SSSR count). The first-order valence-electron chi connectivity index (χ1n) is 7.82. The van der Waals surface area contributed by atoms with Gasteiger partial charge in [0.25, 0.3) is 0 Å². The predicted octanol–water partition coefficient (Wildman–Crippen LogP) is 2.86. The molecular weight excluding hydrogens is 397 g/mol. The second-order valence-corrected chi connectivity index (χ2v) is 8.49. The van der Waals surface area contributed by atoms with Gasteiger partial charge in [0, 0.05) is 44.0 Å². The van der Waals surface area contributed by atoms with Gasteiger partial charge in [-0.15, -0.1) is 0 Å². The molecule has 1 aromatic heterocycles. The number of sulfonamides is 1. The number of halogens is 2. The van der Waals surface area contributed by atoms with E-state index in [4.69, 9.17) is 23.2 Å². The van der Waals surface area contributed by atoms with Gasteiger partial charge >= 0.3 is 0 Å². The summed E-state index contributed by atoms with van der Waals surface area (Å²) in [6.45, 7) is 4.05. The third-order valence-electron chi connectivity index (χ3n) is 3.50. The van der Waals surface area contributed by atoms with Gasteiger partial charge in [0.1, 0.15) is 10.7 Å². The average Bonchev–Trinajstić information content (AvgIpc) is 2.54. The normalized spacial score (nSPS) is 11.5. The van der Waals surface area contributed by atoms with Crippen LogP contribution in [0, 0.1) is 13.8 Å². The summed E-state index contributed by atoms with van der Waals surface area (Å²) in [6.07, 6.45) is 0. The molecule has 0 aliphatic heterocycles. The van der Waals surface area contributed by atoms with E-state index in [1.807, 2.05) is 32.0 Å². The molecule has 0 atom stereocenters. The summed E-state index contributed by atoms with van der Waals surface area (Å²) in [5, 5.41) is 3.51. The van der Waals surface area contributed by atoms with Gasteiger partial charge < -0.3 is 10.2 Å². The first kappa shape index (κ1) is 20.7. The highest BCUT2D eigenvalue weighted by atomic mass is 35.5. The number of rotatable bonds is 7. The molecule has 0 fully saturated rings. The van der Waals surface area contributed by atoms with Crippen LogP contribution in [0.2, 0.25) is 10.0 Å². The number of hydrogen-bond donors (Lipinski definition) is 2. The van der Waals surface area contributed by atoms with Crippen molar-refractivity contribution in [2.75, 3.05) is 37.4 Å². The van der Waals surface area contributed by atoms with Crippen LogP contribution in [0.4, 0.5) is 11.8 Å². The maximum atomic E-state index is 12.4. The first-order chi connectivity index (χ1) is 12.1. The van der Waals surface area contributed by atoms with Crippen molar-refractivity contribution in [2.45, 2.75) is 18.7 Å². The van der Waals surface area contributed by atoms with Crippen molar-refractivity contribution in [3.8, 4) is 0 Å². The molecule has 2 N–H and O–H groups in total. The van der Waals surface area contributed by atoms with E-state index in [0.717, 1.165) is 11.5 Å². The molecule has 26 heavy (non-hydrogen) atoms. The Morgan fingerprint density at radius 3 is 2.38 bits per heavy atom. The van der Waals surface area contributed by atoms with Crippen LogP contribution in [0.1, 0.15) is 11.3 Å². The van der Waals surface area contributed by atoms with E-state index < -0.39 is 10.0 Å². The van der Waals surface area contributed by atoms with Crippen LogP contribution in [0.5, 0.6) is 0 Å². The summed E-state index contributed by atoms with van der Waals surface area (Å²) < 4.78 is 27.3. The molecule has 0 radical (unpaired) electrons. The van der Waals surface area contributed by atoms with Crippen LogP contribution < -0.4 is 14.9 Å². The van der Waals surface area contributed by atoms with Crippen molar-refractivity contribution in [1.82, 2.24) is 14.7 Å². The lowest BCUT2D eigenvalue weighted by Gasteiger charge is -2.14. The molecular formula is C16H21Cl2N5O2S. The number of aryl methyl sites for hydroxylation is 2. The Bertz CT molecular complexity index is 904. The third-order valence-corrected chi connectivity index (χ3v) is 5.83. The van der Waals surface area contributed by atoms with E-state index in [-0.39, 0.29) is 16.5 Å². The van der Waals surface area contributed by atoms with Crippen LogP contribution in [0.25, 0.3) is 0 Å². The van der Waals surface area contributed by atoms with Crippen molar-refractivity contribution in [2.24, 2.45) is 0 Å². The Morgan fingerprint density at radius 1 is 1.04 bits per heavy atom. The smallest absolute Gasteiger partial charge is 0.242 e. The van der Waals surface area contributed by atoms with Gasteiger partial charge in [-0.2, -0.15) is 4.98 Å². The third kappa shape index (κ3) is 5.20. The van der Waals surface area contributed by atoms with Crippen LogP contribution in [0.3, 0.4) is 0 Å². The molecule has 0 aliphatic rings. The molecule has 0 saturated carbocycles. The fraction of sp³-hybridized carbons (Fsp3) is 0.375. The Balaban J connectivity index is 2.01. The van der Waals surface area contributed by atoms with E-state index in [1.54, 1.807) is 6.92 Å². The highest BCUT2D eigenvalue weighted by Gasteiger charge is 2.19. The standard InChI is InChI=1S/C16H21Cl2N5O2S/c1-10-7-14(13(18)9-12(10)17)26(24,25)20-6-5-19-16-21-11(2)8-15(22-16)23(3)4/h7-9,20H,5-6H2,1-4H3,(H,19,21,22). The molecule has 0 saturated heterocycles. The van der Waals surface area contributed by atoms with E-state index in [0.29, 0.717) is 23.1 Å². The fourth-order valence-electron chi connectivity index (χ4n) is 2.13. The Hall–Kier alpha value is -1.61. The zero-order valence-electron chi connectivity index (χ0n) is 15.0. The van der Waals surface area contributed by atoms with Crippen LogP contribution in [-0.2, 0) is 10.0 Å². The van der Waals surface area contributed by atoms with Gasteiger partial charge in [0.15, 0.2) is 0 Å². The van der Waals surface area contributed by atoms with Gasteiger partial charge in [-0.3, -0.25) is 0 Å². The summed E-state index contributed by atoms with van der Waals surface area (Å²) in [7, 11) is 0.0288. The molecule has 0 spiro atoms. The lowest BCUT2D eigenvalue weighted by molar-refractivity contribution is 0.583. The Labute approximate surface area is 163 Å². The van der Waals surface area contributed by atoms with Crippen molar-refractivity contribution < 1.29 is 8.42 Å². The molecule has 1 aromatic carbocycles. The van der Waals surface area contributed by atoms with Crippen molar-refractivity contribution in [3.63, 3.8) is 0 Å². The van der Waals surface area contributed by atoms with Crippen molar-refractivity contribution in [3.05, 3.63) is 39.5 Å². The molecule has 10 heteroatoms. The van der Waals surface area contributed by atoms with Gasteiger partial charge in [-0.1, -0.05) is 23.2 Å². The summed E-state index contributed by atoms with van der Waals surface area (Å²) >= 11 is 12.0. The second kappa shape index (κ2) is 8.39. The van der Waals surface area contributed by atoms with Crippen LogP contribution >= 0.6 is 23.2 Å². The molecule has 2 aromatic rings. The van der Waals surface area contributed by atoms with E-state index in [2.05, 4.69) is 20.0 Å². The van der Waals surface area contributed by atoms with Crippen LogP contribution in [0.15, 0.2) is 23.1 Å². The summed E-state index contributed by atoms with van der Waals surface area (Å²) in [4.78, 5) is 10.5. The van der Waals surface area contributed by atoms with E-state index in [1.165, 1.54) is 12.1 Å². The zero-order valence-corrected chi connectivity index (χ0v) is 17.3. The summed E-state index contributed by atoms with van der Waals surface area (Å²) in [6, 6.07) is 4.74. The lowest BCUT2D eigenvalue weighted by atomic mass is 10.2. The van der Waals surface area contributed by atoms with E-state index in [9.17, 15) is 8.42 Å². The highest BCUT2D eigenvalue weighted by Crippen LogP contribution is 2.27. The number of anilines is 2. The highest BCUT2D eigenvalue weighted by molar-refractivity contribution is 7.89. The fourth-order valence-corrected chi connectivity index (χ4v) is 4.00.